The van der Waals surface area contributed by atoms with Crippen LogP contribution in [0, 0.1) is 0 Å². The molecule has 0 atom stereocenters. The molecule has 0 amide bonds. The maximum Gasteiger partial charge on any atom is 0.326 e. The third-order valence-electron chi connectivity index (χ3n) is 5.75. The first-order valence-corrected chi connectivity index (χ1v) is 12.0. The van der Waals surface area contributed by atoms with Crippen LogP contribution in [0.2, 0.25) is 0 Å². The molecule has 2 aromatic heterocycles. The van der Waals surface area contributed by atoms with E-state index >= 15 is 0 Å². The molecule has 2 heterocycles. The number of fused-ring (bicyclic) bond motifs is 3. The lowest BCUT2D eigenvalue weighted by molar-refractivity contribution is -0.145. The molecule has 0 fully saturated rings. The lowest BCUT2D eigenvalue weighted by atomic mass is 9.97. The number of esters is 1. The third-order valence-corrected chi connectivity index (χ3v) is 6.94. The fraction of sp³-hybridized carbons (Fsp3) is 0.269. The second kappa shape index (κ2) is 9.58. The monoisotopic (exact) mass is 460 g/mol. The van der Waals surface area contributed by atoms with E-state index in [0.29, 0.717) is 17.0 Å². The molecular formula is C26H24N2O4S. The number of hydrogen-bond donors (Lipinski definition) is 0. The highest BCUT2D eigenvalue weighted by Crippen LogP contribution is 2.34. The minimum atomic E-state index is -0.490. The topological polar surface area (TPSA) is 70.4 Å². The summed E-state index contributed by atoms with van der Waals surface area (Å²) < 4.78 is 12.4. The molecule has 2 aromatic carbocycles. The number of aryl methyl sites for hydroxylation is 2. The Bertz CT molecular complexity index is 1330. The van der Waals surface area contributed by atoms with E-state index in [1.807, 2.05) is 60.7 Å². The average molecular weight is 461 g/mol. The summed E-state index contributed by atoms with van der Waals surface area (Å²) in [6.07, 6.45) is 4.08. The molecule has 7 heteroatoms. The number of nitrogens with zero attached hydrogens (tertiary/aromatic N) is 2. The summed E-state index contributed by atoms with van der Waals surface area (Å²) in [7, 11) is 0. The van der Waals surface area contributed by atoms with Gasteiger partial charge in [0, 0.05) is 10.4 Å². The van der Waals surface area contributed by atoms with Gasteiger partial charge in [0.1, 0.15) is 36.2 Å². The minimum Gasteiger partial charge on any atom is -0.490 e. The summed E-state index contributed by atoms with van der Waals surface area (Å²) in [5, 5.41) is 0.662. The zero-order chi connectivity index (χ0) is 22.6. The first kappa shape index (κ1) is 21.4. The largest absolute Gasteiger partial charge is 0.490 e. The minimum absolute atomic E-state index is 0.104. The van der Waals surface area contributed by atoms with Gasteiger partial charge in [-0.15, -0.1) is 11.3 Å². The highest BCUT2D eigenvalue weighted by molar-refractivity contribution is 7.18. The molecule has 0 N–H and O–H groups in total. The van der Waals surface area contributed by atoms with Gasteiger partial charge in [-0.2, -0.15) is 0 Å². The molecule has 5 rings (SSSR count). The Morgan fingerprint density at radius 1 is 0.970 bits per heavy atom. The number of rotatable bonds is 7. The van der Waals surface area contributed by atoms with Crippen molar-refractivity contribution in [1.82, 2.24) is 9.55 Å². The van der Waals surface area contributed by atoms with E-state index < -0.39 is 5.97 Å². The van der Waals surface area contributed by atoms with Crippen molar-refractivity contribution in [1.29, 1.82) is 0 Å². The smallest absolute Gasteiger partial charge is 0.326 e. The molecule has 4 aromatic rings. The quantitative estimate of drug-likeness (QED) is 0.297. The normalized spacial score (nSPS) is 13.0. The zero-order valence-corrected chi connectivity index (χ0v) is 19.0. The molecule has 0 aliphatic heterocycles. The third kappa shape index (κ3) is 4.54. The van der Waals surface area contributed by atoms with Crippen molar-refractivity contribution >= 4 is 27.5 Å². The van der Waals surface area contributed by atoms with E-state index in [4.69, 9.17) is 14.5 Å². The molecule has 1 aliphatic carbocycles. The maximum atomic E-state index is 13.6. The summed E-state index contributed by atoms with van der Waals surface area (Å²) in [4.78, 5) is 33.1. The fourth-order valence-electron chi connectivity index (χ4n) is 4.20. The average Bonchev–Trinajstić information content (AvgIpc) is 3.23. The molecule has 0 bridgehead atoms. The van der Waals surface area contributed by atoms with Crippen molar-refractivity contribution in [2.45, 2.75) is 32.2 Å². The lowest BCUT2D eigenvalue weighted by Gasteiger charge is -2.14. The number of hydrogen-bond acceptors (Lipinski definition) is 6. The highest BCUT2D eigenvalue weighted by Gasteiger charge is 2.23. The Balaban J connectivity index is 1.41. The summed E-state index contributed by atoms with van der Waals surface area (Å²) in [6.45, 7) is 0.153. The van der Waals surface area contributed by atoms with Crippen LogP contribution in [0.5, 0.6) is 5.75 Å². The van der Waals surface area contributed by atoms with Gasteiger partial charge in [-0.1, -0.05) is 48.5 Å². The fourth-order valence-corrected chi connectivity index (χ4v) is 5.45. The highest BCUT2D eigenvalue weighted by atomic mass is 32.1. The van der Waals surface area contributed by atoms with Crippen LogP contribution in [-0.4, -0.2) is 28.7 Å². The molecule has 33 heavy (non-hydrogen) atoms. The molecule has 0 spiro atoms. The van der Waals surface area contributed by atoms with E-state index in [1.54, 1.807) is 11.3 Å². The molecule has 0 saturated carbocycles. The predicted octanol–water partition coefficient (Wildman–Crippen LogP) is 4.63. The van der Waals surface area contributed by atoms with Crippen LogP contribution in [0.3, 0.4) is 0 Å². The Kier molecular flexibility index (Phi) is 6.21. The number of ether oxygens (including phenoxy) is 2. The van der Waals surface area contributed by atoms with Gasteiger partial charge in [0.05, 0.1) is 5.39 Å². The van der Waals surface area contributed by atoms with Gasteiger partial charge in [-0.25, -0.2) is 4.98 Å². The first-order chi connectivity index (χ1) is 16.2. The number of para-hydroxylation sites is 1. The van der Waals surface area contributed by atoms with Crippen LogP contribution < -0.4 is 10.3 Å². The lowest BCUT2D eigenvalue weighted by Crippen LogP contribution is -2.29. The summed E-state index contributed by atoms with van der Waals surface area (Å²) in [5.41, 5.74) is 1.73. The molecule has 1 aliphatic rings. The standard InChI is InChI=1S/C26H24N2O4S/c29-22(32-16-15-31-19-11-5-2-6-12-19)17-28-24(18-9-3-1-4-10-18)27-25-23(26(28)30)20-13-7-8-14-21(20)33-25/h1-6,9-12H,7-8,13-17H2. The van der Waals surface area contributed by atoms with Gasteiger partial charge in [0.15, 0.2) is 0 Å². The van der Waals surface area contributed by atoms with E-state index in [-0.39, 0.29) is 25.3 Å². The van der Waals surface area contributed by atoms with Gasteiger partial charge in [0.25, 0.3) is 5.56 Å². The van der Waals surface area contributed by atoms with Crippen LogP contribution >= 0.6 is 11.3 Å². The molecule has 6 nitrogen and oxygen atoms in total. The molecular weight excluding hydrogens is 436 g/mol. The zero-order valence-electron chi connectivity index (χ0n) is 18.2. The van der Waals surface area contributed by atoms with E-state index in [2.05, 4.69) is 0 Å². The van der Waals surface area contributed by atoms with Gasteiger partial charge < -0.3 is 9.47 Å². The van der Waals surface area contributed by atoms with Crippen molar-refractivity contribution in [3.05, 3.63) is 81.5 Å². The van der Waals surface area contributed by atoms with Crippen molar-refractivity contribution in [3.8, 4) is 17.1 Å². The Morgan fingerprint density at radius 2 is 1.70 bits per heavy atom. The van der Waals surface area contributed by atoms with E-state index in [1.165, 1.54) is 9.44 Å². The first-order valence-electron chi connectivity index (χ1n) is 11.1. The van der Waals surface area contributed by atoms with Gasteiger partial charge >= 0.3 is 5.97 Å². The number of aromatic nitrogens is 2. The predicted molar refractivity (Wildman–Crippen MR) is 129 cm³/mol. The Labute approximate surface area is 195 Å². The summed E-state index contributed by atoms with van der Waals surface area (Å²) in [6, 6.07) is 18.9. The number of thiophene rings is 1. The number of carbonyl (C=O) groups excluding carboxylic acids is 1. The SMILES string of the molecule is O=C(Cn1c(-c2ccccc2)nc2sc3c(c2c1=O)CCCC3)OCCOc1ccccc1. The van der Waals surface area contributed by atoms with E-state index in [0.717, 1.165) is 41.6 Å². The number of benzene rings is 2. The van der Waals surface area contributed by atoms with Gasteiger partial charge in [-0.3, -0.25) is 14.2 Å². The van der Waals surface area contributed by atoms with E-state index in [9.17, 15) is 9.59 Å². The summed E-state index contributed by atoms with van der Waals surface area (Å²) >= 11 is 1.61. The molecule has 0 unspecified atom stereocenters. The molecule has 168 valence electrons. The van der Waals surface area contributed by atoms with Gasteiger partial charge in [-0.05, 0) is 43.4 Å². The second-order valence-electron chi connectivity index (χ2n) is 7.97. The van der Waals surface area contributed by atoms with Crippen LogP contribution in [0.1, 0.15) is 23.3 Å². The van der Waals surface area contributed by atoms with Crippen molar-refractivity contribution < 1.29 is 14.3 Å². The summed E-state index contributed by atoms with van der Waals surface area (Å²) in [5.74, 6) is 0.716. The molecule has 0 saturated heterocycles. The Hall–Kier alpha value is -3.45. The number of carbonyl (C=O) groups is 1. The van der Waals surface area contributed by atoms with Gasteiger partial charge in [0.2, 0.25) is 0 Å². The Morgan fingerprint density at radius 3 is 2.48 bits per heavy atom. The van der Waals surface area contributed by atoms with Crippen molar-refractivity contribution in [2.75, 3.05) is 13.2 Å². The van der Waals surface area contributed by atoms with Crippen molar-refractivity contribution in [3.63, 3.8) is 0 Å². The van der Waals surface area contributed by atoms with Crippen LogP contribution in [0.25, 0.3) is 21.6 Å². The second-order valence-corrected chi connectivity index (χ2v) is 9.05. The van der Waals surface area contributed by atoms with Crippen LogP contribution in [-0.2, 0) is 28.9 Å². The molecule has 0 radical (unpaired) electrons. The van der Waals surface area contributed by atoms with Crippen molar-refractivity contribution in [2.24, 2.45) is 0 Å². The van der Waals surface area contributed by atoms with Crippen LogP contribution in [0.4, 0.5) is 0 Å². The maximum absolute atomic E-state index is 13.6. The van der Waals surface area contributed by atoms with Crippen LogP contribution in [0.15, 0.2) is 65.5 Å².